The molecule has 7 nitrogen and oxygen atoms in total. The summed E-state index contributed by atoms with van der Waals surface area (Å²) in [7, 11) is 0. The van der Waals surface area contributed by atoms with E-state index in [1.807, 2.05) is 12.1 Å². The first-order valence-corrected chi connectivity index (χ1v) is 11.3. The number of hydrogen-bond acceptors (Lipinski definition) is 5. The van der Waals surface area contributed by atoms with Gasteiger partial charge in [-0.25, -0.2) is 0 Å². The summed E-state index contributed by atoms with van der Waals surface area (Å²) in [6.07, 6.45) is 6.05. The van der Waals surface area contributed by atoms with Gasteiger partial charge < -0.3 is 15.5 Å². The van der Waals surface area contributed by atoms with Crippen molar-refractivity contribution in [2.75, 3.05) is 13.1 Å². The van der Waals surface area contributed by atoms with Crippen LogP contribution in [0.4, 0.5) is 0 Å². The average molecular weight is 411 g/mol. The normalized spacial score (nSPS) is 30.9. The fourth-order valence-electron chi connectivity index (χ4n) is 5.77. The maximum atomic E-state index is 12.9. The summed E-state index contributed by atoms with van der Waals surface area (Å²) < 4.78 is 0. The summed E-state index contributed by atoms with van der Waals surface area (Å²) in [5.41, 5.74) is 2.74. The van der Waals surface area contributed by atoms with E-state index in [-0.39, 0.29) is 24.1 Å². The van der Waals surface area contributed by atoms with E-state index < -0.39 is 6.04 Å². The van der Waals surface area contributed by atoms with Crippen LogP contribution >= 0.6 is 0 Å². The van der Waals surface area contributed by atoms with E-state index in [2.05, 4.69) is 22.0 Å². The summed E-state index contributed by atoms with van der Waals surface area (Å²) in [5, 5.41) is 9.65. The number of piperidine rings is 1. The van der Waals surface area contributed by atoms with Gasteiger partial charge in [0.05, 0.1) is 0 Å². The fourth-order valence-corrected chi connectivity index (χ4v) is 5.77. The second kappa shape index (κ2) is 8.12. The summed E-state index contributed by atoms with van der Waals surface area (Å²) in [4.78, 5) is 38.1. The van der Waals surface area contributed by atoms with Crippen molar-refractivity contribution in [3.63, 3.8) is 0 Å². The van der Waals surface area contributed by atoms with Crippen LogP contribution in [0.3, 0.4) is 0 Å². The molecule has 3 aliphatic heterocycles. The molecule has 3 heterocycles. The van der Waals surface area contributed by atoms with Crippen LogP contribution in [-0.4, -0.2) is 47.8 Å². The van der Waals surface area contributed by atoms with E-state index in [0.29, 0.717) is 30.5 Å². The molecule has 0 bridgehead atoms. The Kier molecular flexibility index (Phi) is 5.33. The number of carbonyl (C=O) groups is 3. The number of amides is 3. The van der Waals surface area contributed by atoms with Gasteiger partial charge in [0.25, 0.3) is 5.91 Å². The molecule has 5 rings (SSSR count). The van der Waals surface area contributed by atoms with Gasteiger partial charge in [-0.15, -0.1) is 0 Å². The quantitative estimate of drug-likeness (QED) is 0.637. The third kappa shape index (κ3) is 3.65. The summed E-state index contributed by atoms with van der Waals surface area (Å²) in [5.74, 6) is 0.766. The highest BCUT2D eigenvalue weighted by molar-refractivity contribution is 6.05. The van der Waals surface area contributed by atoms with Gasteiger partial charge in [-0.1, -0.05) is 25.0 Å². The topological polar surface area (TPSA) is 90.5 Å². The molecule has 160 valence electrons. The molecule has 0 spiro atoms. The van der Waals surface area contributed by atoms with Crippen LogP contribution in [0.5, 0.6) is 0 Å². The minimum absolute atomic E-state index is 0.105. The minimum atomic E-state index is -0.553. The van der Waals surface area contributed by atoms with Crippen LogP contribution in [0.15, 0.2) is 18.2 Å². The van der Waals surface area contributed by atoms with Gasteiger partial charge in [0, 0.05) is 31.1 Å². The predicted molar refractivity (Wildman–Crippen MR) is 111 cm³/mol. The molecule has 1 aliphatic carbocycles. The Balaban J connectivity index is 1.19. The first-order chi connectivity index (χ1) is 14.6. The Bertz CT molecular complexity index is 870. The van der Waals surface area contributed by atoms with Crippen molar-refractivity contribution >= 4 is 17.7 Å². The molecule has 1 saturated carbocycles. The molecule has 1 unspecified atom stereocenters. The molecule has 1 aromatic rings. The Morgan fingerprint density at radius 3 is 2.83 bits per heavy atom. The van der Waals surface area contributed by atoms with Gasteiger partial charge in [0.2, 0.25) is 11.8 Å². The van der Waals surface area contributed by atoms with Gasteiger partial charge in [-0.2, -0.15) is 0 Å². The lowest BCUT2D eigenvalue weighted by Gasteiger charge is -2.29. The van der Waals surface area contributed by atoms with Crippen molar-refractivity contribution in [1.82, 2.24) is 20.9 Å². The molecule has 3 N–H and O–H groups in total. The van der Waals surface area contributed by atoms with Gasteiger partial charge in [0.1, 0.15) is 6.04 Å². The van der Waals surface area contributed by atoms with Crippen LogP contribution in [-0.2, 0) is 22.7 Å². The number of nitrogens with one attached hydrogen (secondary N) is 3. The number of carbonyl (C=O) groups excluding carboxylic acids is 3. The minimum Gasteiger partial charge on any atom is -0.322 e. The third-order valence-corrected chi connectivity index (χ3v) is 7.40. The first kappa shape index (κ1) is 19.7. The van der Waals surface area contributed by atoms with Crippen molar-refractivity contribution in [2.45, 2.75) is 63.7 Å². The van der Waals surface area contributed by atoms with E-state index in [1.165, 1.54) is 25.7 Å². The molecule has 4 atom stereocenters. The zero-order chi connectivity index (χ0) is 20.7. The molecular formula is C23H30N4O3. The van der Waals surface area contributed by atoms with Crippen LogP contribution < -0.4 is 16.0 Å². The standard InChI is InChI=1S/C23H30N4O3/c28-21-8-7-20(22(29)26-21)27-13-15-6-5-14(9-18(15)23(27)30)10-24-11-16-12-25-19-4-2-1-3-17(16)19/h5-6,9,16-17,19-20,24-25H,1-4,7-8,10-13H2,(H,26,28,29)/t16-,17-,19-,20?/m1/s1. The maximum absolute atomic E-state index is 12.9. The van der Waals surface area contributed by atoms with Crippen LogP contribution in [0.2, 0.25) is 0 Å². The van der Waals surface area contributed by atoms with Crippen molar-refractivity contribution in [3.05, 3.63) is 34.9 Å². The molecule has 3 amide bonds. The van der Waals surface area contributed by atoms with E-state index in [1.54, 1.807) is 4.90 Å². The van der Waals surface area contributed by atoms with E-state index in [9.17, 15) is 14.4 Å². The molecule has 2 saturated heterocycles. The van der Waals surface area contributed by atoms with Crippen molar-refractivity contribution in [2.24, 2.45) is 11.8 Å². The van der Waals surface area contributed by atoms with E-state index in [4.69, 9.17) is 0 Å². The summed E-state index contributed by atoms with van der Waals surface area (Å²) in [6.45, 7) is 3.28. The number of imide groups is 1. The Morgan fingerprint density at radius 1 is 1.10 bits per heavy atom. The molecule has 7 heteroatoms. The molecular weight excluding hydrogens is 380 g/mol. The van der Waals surface area contributed by atoms with Gasteiger partial charge in [-0.3, -0.25) is 19.7 Å². The maximum Gasteiger partial charge on any atom is 0.255 e. The highest BCUT2D eigenvalue weighted by atomic mass is 16.2. The molecule has 0 radical (unpaired) electrons. The molecule has 4 aliphatic rings. The van der Waals surface area contributed by atoms with E-state index >= 15 is 0 Å². The summed E-state index contributed by atoms with van der Waals surface area (Å²) >= 11 is 0. The lowest BCUT2D eigenvalue weighted by molar-refractivity contribution is -0.136. The van der Waals surface area contributed by atoms with Gasteiger partial charge >= 0.3 is 0 Å². The smallest absolute Gasteiger partial charge is 0.255 e. The first-order valence-electron chi connectivity index (χ1n) is 11.3. The van der Waals surface area contributed by atoms with Gasteiger partial charge in [0.15, 0.2) is 0 Å². The van der Waals surface area contributed by atoms with Crippen LogP contribution in [0, 0.1) is 11.8 Å². The van der Waals surface area contributed by atoms with Crippen LogP contribution in [0.1, 0.15) is 60.0 Å². The Hall–Kier alpha value is -2.25. The number of nitrogens with zero attached hydrogens (tertiary/aromatic N) is 1. The van der Waals surface area contributed by atoms with Crippen molar-refractivity contribution in [1.29, 1.82) is 0 Å². The van der Waals surface area contributed by atoms with Gasteiger partial charge in [-0.05, 0) is 61.4 Å². The predicted octanol–water partition coefficient (Wildman–Crippen LogP) is 1.32. The monoisotopic (exact) mass is 410 g/mol. The third-order valence-electron chi connectivity index (χ3n) is 7.40. The molecule has 1 aromatic carbocycles. The highest BCUT2D eigenvalue weighted by Gasteiger charge is 2.39. The van der Waals surface area contributed by atoms with Crippen LogP contribution in [0.25, 0.3) is 0 Å². The highest BCUT2D eigenvalue weighted by Crippen LogP contribution is 2.34. The zero-order valence-corrected chi connectivity index (χ0v) is 17.3. The zero-order valence-electron chi connectivity index (χ0n) is 17.3. The fraction of sp³-hybridized carbons (Fsp3) is 0.609. The van der Waals surface area contributed by atoms with E-state index in [0.717, 1.165) is 36.7 Å². The SMILES string of the molecule is O=C1CCC(N2Cc3ccc(CNC[C@@H]4CN[C@@H]5CCCC[C@H]45)cc3C2=O)C(=O)N1. The molecule has 30 heavy (non-hydrogen) atoms. The van der Waals surface area contributed by atoms with Crippen molar-refractivity contribution in [3.8, 4) is 0 Å². The largest absolute Gasteiger partial charge is 0.322 e. The number of fused-ring (bicyclic) bond motifs is 2. The average Bonchev–Trinajstić information content (AvgIpc) is 3.30. The second-order valence-electron chi connectivity index (χ2n) is 9.25. The molecule has 3 fully saturated rings. The Morgan fingerprint density at radius 2 is 1.97 bits per heavy atom. The second-order valence-corrected chi connectivity index (χ2v) is 9.25. The lowest BCUT2D eigenvalue weighted by Crippen LogP contribution is -2.52. The summed E-state index contributed by atoms with van der Waals surface area (Å²) in [6, 6.07) is 6.20. The number of rotatable bonds is 5. The number of benzene rings is 1. The lowest BCUT2D eigenvalue weighted by atomic mass is 9.80. The van der Waals surface area contributed by atoms with Crippen molar-refractivity contribution < 1.29 is 14.4 Å². The molecule has 0 aromatic heterocycles. The Labute approximate surface area is 177 Å². The number of hydrogen-bond donors (Lipinski definition) is 3.